The first-order valence-electron chi connectivity index (χ1n) is 12.8. The van der Waals surface area contributed by atoms with Crippen molar-refractivity contribution in [2.24, 2.45) is 17.8 Å². The van der Waals surface area contributed by atoms with Gasteiger partial charge in [-0.05, 0) is 40.3 Å². The molecule has 1 fully saturated rings. The highest BCUT2D eigenvalue weighted by Crippen LogP contribution is 2.61. The van der Waals surface area contributed by atoms with Crippen molar-refractivity contribution in [2.75, 3.05) is 6.61 Å². The summed E-state index contributed by atoms with van der Waals surface area (Å²) in [7, 11) is 0. The molecule has 2 bridgehead atoms. The van der Waals surface area contributed by atoms with Gasteiger partial charge < -0.3 is 4.74 Å². The van der Waals surface area contributed by atoms with Crippen LogP contribution in [0.1, 0.15) is 58.3 Å². The van der Waals surface area contributed by atoms with Crippen LogP contribution in [0.2, 0.25) is 0 Å². The maximum absolute atomic E-state index is 14.0. The Balaban J connectivity index is 1.31. The van der Waals surface area contributed by atoms with E-state index in [1.165, 1.54) is 0 Å². The third kappa shape index (κ3) is 3.67. The van der Waals surface area contributed by atoms with Crippen LogP contribution in [-0.4, -0.2) is 41.1 Å². The molecule has 0 spiro atoms. The fraction of sp³-hybridized carbons (Fsp3) is 0.290. The zero-order chi connectivity index (χ0) is 26.7. The highest BCUT2D eigenvalue weighted by Gasteiger charge is 2.63. The van der Waals surface area contributed by atoms with Crippen molar-refractivity contribution in [2.45, 2.75) is 31.7 Å². The monoisotopic (exact) mass is 571 g/mol. The first-order chi connectivity index (χ1) is 18.3. The Hall–Kier alpha value is -3.58. The quantitative estimate of drug-likeness (QED) is 0.234. The normalized spacial score (nSPS) is 23.6. The predicted octanol–water partition coefficient (Wildman–Crippen LogP) is 5.09. The fourth-order valence-electron chi connectivity index (χ4n) is 6.59. The molecule has 0 N–H and O–H groups in total. The SMILES string of the molecule is CC(C)[C@H](C(=O)OCC(=O)c1ccc(Br)cc1)N1C(=O)[C@H]2C3c4ccccc4C(c4ccccc43)[C@@H]2C1=O. The lowest BCUT2D eigenvalue weighted by molar-refractivity contribution is -0.160. The molecule has 0 unspecified atom stereocenters. The number of ketones is 1. The van der Waals surface area contributed by atoms with Crippen LogP contribution in [0.5, 0.6) is 0 Å². The van der Waals surface area contributed by atoms with E-state index in [1.807, 2.05) is 48.5 Å². The Bertz CT molecular complexity index is 1360. The number of carbonyl (C=O) groups is 4. The van der Waals surface area contributed by atoms with Gasteiger partial charge in [0, 0.05) is 21.9 Å². The van der Waals surface area contributed by atoms with Crippen LogP contribution in [-0.2, 0) is 19.1 Å². The van der Waals surface area contributed by atoms with Crippen molar-refractivity contribution >= 4 is 39.5 Å². The number of carbonyl (C=O) groups excluding carboxylic acids is 4. The van der Waals surface area contributed by atoms with Gasteiger partial charge in [0.05, 0.1) is 11.8 Å². The third-order valence-corrected chi connectivity index (χ3v) is 8.67. The molecule has 4 aliphatic rings. The molecular weight excluding hydrogens is 546 g/mol. The van der Waals surface area contributed by atoms with Crippen molar-refractivity contribution in [3.63, 3.8) is 0 Å². The van der Waals surface area contributed by atoms with Crippen molar-refractivity contribution in [1.29, 1.82) is 0 Å². The molecule has 38 heavy (non-hydrogen) atoms. The average Bonchev–Trinajstić information content (AvgIpc) is 3.18. The molecular formula is C31H26BrNO5. The molecule has 0 saturated carbocycles. The van der Waals surface area contributed by atoms with E-state index in [0.717, 1.165) is 31.6 Å². The van der Waals surface area contributed by atoms with E-state index < -0.39 is 30.5 Å². The Labute approximate surface area is 229 Å². The smallest absolute Gasteiger partial charge is 0.330 e. The van der Waals surface area contributed by atoms with E-state index in [9.17, 15) is 19.2 Å². The molecule has 7 heteroatoms. The molecule has 3 aliphatic carbocycles. The largest absolute Gasteiger partial charge is 0.456 e. The lowest BCUT2D eigenvalue weighted by atomic mass is 9.55. The Morgan fingerprint density at radius 1 is 0.789 bits per heavy atom. The average molecular weight is 572 g/mol. The van der Waals surface area contributed by atoms with Gasteiger partial charge in [0.1, 0.15) is 6.04 Å². The summed E-state index contributed by atoms with van der Waals surface area (Å²) in [4.78, 5) is 55.2. The Morgan fingerprint density at radius 2 is 1.24 bits per heavy atom. The number of nitrogens with zero attached hydrogens (tertiary/aromatic N) is 1. The number of ether oxygens (including phenoxy) is 1. The summed E-state index contributed by atoms with van der Waals surface area (Å²) in [5.41, 5.74) is 4.70. The molecule has 3 aromatic carbocycles. The standard InChI is InChI=1S/C31H26BrNO5/c1-16(2)28(31(37)38-15-23(34)17-11-13-18(32)14-12-17)33-29(35)26-24-19-7-3-4-8-20(19)25(27(26)30(33)36)22-10-6-5-9-21(22)24/h3-14,16,24-28H,15H2,1-2H3/t24?,25?,26-,27-,28+/m0/s1. The number of hydrogen-bond acceptors (Lipinski definition) is 5. The maximum Gasteiger partial charge on any atom is 0.330 e. The van der Waals surface area contributed by atoms with Crippen LogP contribution in [0, 0.1) is 17.8 Å². The minimum Gasteiger partial charge on any atom is -0.456 e. The number of Topliss-reactive ketones (excluding diaryl/α,β-unsaturated/α-hetero) is 1. The van der Waals surface area contributed by atoms with Crippen LogP contribution in [0.4, 0.5) is 0 Å². The third-order valence-electron chi connectivity index (χ3n) is 8.15. The Kier molecular flexibility index (Phi) is 6.06. The molecule has 3 atom stereocenters. The molecule has 2 amide bonds. The number of hydrogen-bond donors (Lipinski definition) is 0. The van der Waals surface area contributed by atoms with E-state index in [-0.39, 0.29) is 35.4 Å². The minimum atomic E-state index is -1.11. The van der Waals surface area contributed by atoms with Crippen LogP contribution >= 0.6 is 15.9 Å². The second-order valence-corrected chi connectivity index (χ2v) is 11.5. The van der Waals surface area contributed by atoms with Gasteiger partial charge in [0.25, 0.3) is 0 Å². The van der Waals surface area contributed by atoms with Gasteiger partial charge in [-0.1, -0.05) is 90.4 Å². The molecule has 1 heterocycles. The van der Waals surface area contributed by atoms with Gasteiger partial charge in [0.15, 0.2) is 12.4 Å². The second kappa shape index (κ2) is 9.31. The number of amides is 2. The molecule has 3 aromatic rings. The van der Waals surface area contributed by atoms with E-state index in [2.05, 4.69) is 15.9 Å². The number of imide groups is 1. The van der Waals surface area contributed by atoms with Crippen molar-refractivity contribution < 1.29 is 23.9 Å². The number of halogens is 1. The number of benzene rings is 3. The van der Waals surface area contributed by atoms with E-state index >= 15 is 0 Å². The lowest BCUT2D eigenvalue weighted by Crippen LogP contribution is -2.49. The molecule has 1 saturated heterocycles. The summed E-state index contributed by atoms with van der Waals surface area (Å²) in [6.07, 6.45) is 0. The topological polar surface area (TPSA) is 80.8 Å². The second-order valence-electron chi connectivity index (χ2n) is 10.5. The fourth-order valence-corrected chi connectivity index (χ4v) is 6.86. The maximum atomic E-state index is 14.0. The van der Waals surface area contributed by atoms with E-state index in [1.54, 1.807) is 38.1 Å². The van der Waals surface area contributed by atoms with Gasteiger partial charge in [-0.3, -0.25) is 19.3 Å². The van der Waals surface area contributed by atoms with Crippen LogP contribution < -0.4 is 0 Å². The highest BCUT2D eigenvalue weighted by molar-refractivity contribution is 9.10. The van der Waals surface area contributed by atoms with Gasteiger partial charge in [0.2, 0.25) is 11.8 Å². The number of rotatable bonds is 6. The number of esters is 1. The molecule has 7 rings (SSSR count). The highest BCUT2D eigenvalue weighted by atomic mass is 79.9. The van der Waals surface area contributed by atoms with E-state index in [0.29, 0.717) is 5.56 Å². The molecule has 1 aliphatic heterocycles. The van der Waals surface area contributed by atoms with Crippen LogP contribution in [0.3, 0.4) is 0 Å². The molecule has 0 aromatic heterocycles. The zero-order valence-corrected chi connectivity index (χ0v) is 22.6. The van der Waals surface area contributed by atoms with Crippen molar-refractivity contribution in [3.8, 4) is 0 Å². The van der Waals surface area contributed by atoms with Gasteiger partial charge in [-0.2, -0.15) is 0 Å². The van der Waals surface area contributed by atoms with Crippen molar-refractivity contribution in [3.05, 3.63) is 105 Å². The van der Waals surface area contributed by atoms with Crippen LogP contribution in [0.25, 0.3) is 0 Å². The first-order valence-corrected chi connectivity index (χ1v) is 13.6. The molecule has 6 nitrogen and oxygen atoms in total. The van der Waals surface area contributed by atoms with Crippen LogP contribution in [0.15, 0.2) is 77.3 Å². The van der Waals surface area contributed by atoms with Crippen molar-refractivity contribution in [1.82, 2.24) is 4.90 Å². The predicted molar refractivity (Wildman–Crippen MR) is 143 cm³/mol. The van der Waals surface area contributed by atoms with Gasteiger partial charge in [-0.15, -0.1) is 0 Å². The summed E-state index contributed by atoms with van der Waals surface area (Å²) >= 11 is 3.33. The van der Waals surface area contributed by atoms with Gasteiger partial charge >= 0.3 is 5.97 Å². The summed E-state index contributed by atoms with van der Waals surface area (Å²) < 4.78 is 6.25. The van der Waals surface area contributed by atoms with Gasteiger partial charge in [-0.25, -0.2) is 4.79 Å². The summed E-state index contributed by atoms with van der Waals surface area (Å²) in [5, 5.41) is 0. The zero-order valence-electron chi connectivity index (χ0n) is 21.0. The summed E-state index contributed by atoms with van der Waals surface area (Å²) in [6.45, 7) is 3.10. The minimum absolute atomic E-state index is 0.248. The number of likely N-dealkylation sites (tertiary alicyclic amines) is 1. The molecule has 192 valence electrons. The summed E-state index contributed by atoms with van der Waals surface area (Å²) in [6, 6.07) is 21.7. The Morgan fingerprint density at radius 3 is 1.66 bits per heavy atom. The molecule has 0 radical (unpaired) electrons. The first kappa shape index (κ1) is 24.7. The summed E-state index contributed by atoms with van der Waals surface area (Å²) in [5.74, 6) is -3.81. The van der Waals surface area contributed by atoms with E-state index in [4.69, 9.17) is 4.74 Å². The lowest BCUT2D eigenvalue weighted by Gasteiger charge is -2.45.